The molecule has 1 aliphatic rings. The second-order valence-corrected chi connectivity index (χ2v) is 7.77. The van der Waals surface area contributed by atoms with Gasteiger partial charge in [-0.25, -0.2) is 22.4 Å². The molecule has 1 amide bonds. The summed E-state index contributed by atoms with van der Waals surface area (Å²) in [6.07, 6.45) is -1.15. The van der Waals surface area contributed by atoms with E-state index in [1.165, 1.54) is 17.0 Å². The number of carbonyl (C=O) groups is 2. The maximum atomic E-state index is 14.0. The van der Waals surface area contributed by atoms with Crippen LogP contribution < -0.4 is 0 Å². The Balaban J connectivity index is 1.72. The fourth-order valence-electron chi connectivity index (χ4n) is 3.97. The number of Topliss-reactive ketones (excluding diaryl/α,β-unsaturated/α-hetero) is 1. The molecular weight excluding hydrogens is 438 g/mol. The molecule has 33 heavy (non-hydrogen) atoms. The Morgan fingerprint density at radius 2 is 1.30 bits per heavy atom. The Kier molecular flexibility index (Phi) is 6.44. The molecule has 0 unspecified atom stereocenters. The summed E-state index contributed by atoms with van der Waals surface area (Å²) in [5.74, 6) is -4.68. The van der Waals surface area contributed by atoms with Gasteiger partial charge in [0.25, 0.3) is 0 Å². The summed E-state index contributed by atoms with van der Waals surface area (Å²) in [7, 11) is 0. The third-order valence-corrected chi connectivity index (χ3v) is 5.59. The van der Waals surface area contributed by atoms with Gasteiger partial charge in [0.15, 0.2) is 23.3 Å². The number of ketones is 1. The molecule has 8 heteroatoms. The Labute approximate surface area is 187 Å². The number of ether oxygens (including phenoxy) is 1. The lowest BCUT2D eigenvalue weighted by molar-refractivity contribution is -0.125. The van der Waals surface area contributed by atoms with Crippen LogP contribution >= 0.6 is 0 Å². The van der Waals surface area contributed by atoms with E-state index in [9.17, 15) is 27.2 Å². The smallest absolute Gasteiger partial charge is 0.411 e. The average Bonchev–Trinajstić information content (AvgIpc) is 2.81. The highest BCUT2D eigenvalue weighted by molar-refractivity contribution is 5.83. The first-order valence-corrected chi connectivity index (χ1v) is 10.2. The maximum Gasteiger partial charge on any atom is 0.411 e. The number of halogens is 4. The van der Waals surface area contributed by atoms with Crippen molar-refractivity contribution in [1.82, 2.24) is 4.90 Å². The number of carbonyl (C=O) groups excluding carboxylic acids is 2. The van der Waals surface area contributed by atoms with Crippen LogP contribution in [0.3, 0.4) is 0 Å². The molecule has 0 aliphatic carbocycles. The van der Waals surface area contributed by atoms with Crippen LogP contribution in [0.15, 0.2) is 66.7 Å². The van der Waals surface area contributed by atoms with Crippen molar-refractivity contribution in [2.24, 2.45) is 0 Å². The summed E-state index contributed by atoms with van der Waals surface area (Å²) in [6, 6.07) is 13.1. The van der Waals surface area contributed by atoms with E-state index in [4.69, 9.17) is 4.74 Å². The normalized spacial score (nSPS) is 18.3. The van der Waals surface area contributed by atoms with Gasteiger partial charge in [-0.15, -0.1) is 0 Å². The molecule has 4 nitrogen and oxygen atoms in total. The molecular formula is C25H19F4NO3. The summed E-state index contributed by atoms with van der Waals surface area (Å²) in [6.45, 7) is -0.0703. The summed E-state index contributed by atoms with van der Waals surface area (Å²) < 4.78 is 60.4. The van der Waals surface area contributed by atoms with Crippen LogP contribution in [0.2, 0.25) is 0 Å². The quantitative estimate of drug-likeness (QED) is 0.450. The lowest BCUT2D eigenvalue weighted by Crippen LogP contribution is -2.44. The van der Waals surface area contributed by atoms with Crippen molar-refractivity contribution in [1.29, 1.82) is 0 Å². The Morgan fingerprint density at radius 1 is 0.788 bits per heavy atom. The van der Waals surface area contributed by atoms with Crippen LogP contribution in [0.25, 0.3) is 0 Å². The third kappa shape index (κ3) is 4.89. The number of amides is 1. The predicted molar refractivity (Wildman–Crippen MR) is 111 cm³/mol. The molecule has 1 aliphatic heterocycles. The minimum atomic E-state index is -1.13. The molecule has 0 saturated carbocycles. The average molecular weight is 457 g/mol. The van der Waals surface area contributed by atoms with Gasteiger partial charge in [0, 0.05) is 12.8 Å². The minimum absolute atomic E-state index is 0.0703. The zero-order chi connectivity index (χ0) is 23.5. The van der Waals surface area contributed by atoms with Gasteiger partial charge in [-0.1, -0.05) is 42.5 Å². The van der Waals surface area contributed by atoms with Gasteiger partial charge in [0.2, 0.25) is 0 Å². The van der Waals surface area contributed by atoms with Gasteiger partial charge in [0.1, 0.15) is 12.4 Å². The second-order valence-electron chi connectivity index (χ2n) is 7.77. The maximum absolute atomic E-state index is 14.0. The van der Waals surface area contributed by atoms with Crippen molar-refractivity contribution in [3.05, 3.63) is 107 Å². The largest absolute Gasteiger partial charge is 0.445 e. The lowest BCUT2D eigenvalue weighted by atomic mass is 9.87. The van der Waals surface area contributed by atoms with Gasteiger partial charge in [-0.2, -0.15) is 0 Å². The van der Waals surface area contributed by atoms with E-state index in [0.29, 0.717) is 5.56 Å². The van der Waals surface area contributed by atoms with Crippen molar-refractivity contribution in [2.45, 2.75) is 31.5 Å². The van der Waals surface area contributed by atoms with E-state index in [1.54, 1.807) is 30.3 Å². The molecule has 0 N–H and O–H groups in total. The van der Waals surface area contributed by atoms with Crippen LogP contribution in [0.5, 0.6) is 0 Å². The van der Waals surface area contributed by atoms with Gasteiger partial charge >= 0.3 is 6.09 Å². The summed E-state index contributed by atoms with van der Waals surface area (Å²) in [4.78, 5) is 27.0. The fraction of sp³-hybridized carbons (Fsp3) is 0.200. The minimum Gasteiger partial charge on any atom is -0.445 e. The highest BCUT2D eigenvalue weighted by Crippen LogP contribution is 2.41. The number of hydrogen-bond donors (Lipinski definition) is 0. The zero-order valence-corrected chi connectivity index (χ0v) is 17.3. The van der Waals surface area contributed by atoms with E-state index < -0.39 is 41.4 Å². The zero-order valence-electron chi connectivity index (χ0n) is 17.3. The van der Waals surface area contributed by atoms with Crippen LogP contribution in [0.4, 0.5) is 22.4 Å². The predicted octanol–water partition coefficient (Wildman–Crippen LogP) is 6.03. The molecule has 4 rings (SSSR count). The summed E-state index contributed by atoms with van der Waals surface area (Å²) >= 11 is 0. The number of hydrogen-bond acceptors (Lipinski definition) is 3. The van der Waals surface area contributed by atoms with Crippen molar-refractivity contribution in [3.63, 3.8) is 0 Å². The SMILES string of the molecule is O=C1C[C@H](c2ccc(F)c(F)c2)N(C(=O)OCc2ccccc2)[C@@H](c2ccc(F)c(F)c2)C1. The van der Waals surface area contributed by atoms with Crippen LogP contribution in [-0.2, 0) is 16.1 Å². The van der Waals surface area contributed by atoms with E-state index in [-0.39, 0.29) is 36.4 Å². The molecule has 0 aromatic heterocycles. The first-order chi connectivity index (χ1) is 15.8. The monoisotopic (exact) mass is 457 g/mol. The molecule has 1 fully saturated rings. The first kappa shape index (κ1) is 22.5. The van der Waals surface area contributed by atoms with Crippen molar-refractivity contribution >= 4 is 11.9 Å². The van der Waals surface area contributed by atoms with Crippen molar-refractivity contribution < 1.29 is 31.9 Å². The number of piperidine rings is 1. The Hall–Kier alpha value is -3.68. The fourth-order valence-corrected chi connectivity index (χ4v) is 3.97. The molecule has 3 aromatic carbocycles. The van der Waals surface area contributed by atoms with Gasteiger partial charge < -0.3 is 4.74 Å². The second kappa shape index (κ2) is 9.44. The van der Waals surface area contributed by atoms with E-state index >= 15 is 0 Å². The number of benzene rings is 3. The number of rotatable bonds is 4. The highest BCUT2D eigenvalue weighted by Gasteiger charge is 2.41. The summed E-state index contributed by atoms with van der Waals surface area (Å²) in [5.41, 5.74) is 1.09. The molecule has 2 atom stereocenters. The number of nitrogens with zero attached hydrogens (tertiary/aromatic N) is 1. The van der Waals surface area contributed by atoms with Gasteiger partial charge in [0.05, 0.1) is 12.1 Å². The Bertz CT molecular complexity index is 1120. The van der Waals surface area contributed by atoms with Gasteiger partial charge in [-0.3, -0.25) is 9.69 Å². The number of likely N-dealkylation sites (tertiary alicyclic amines) is 1. The Morgan fingerprint density at radius 3 is 1.79 bits per heavy atom. The highest BCUT2D eigenvalue weighted by atomic mass is 19.2. The molecule has 0 radical (unpaired) electrons. The molecule has 0 spiro atoms. The molecule has 1 heterocycles. The topological polar surface area (TPSA) is 46.6 Å². The van der Waals surface area contributed by atoms with Crippen LogP contribution in [0.1, 0.15) is 41.6 Å². The van der Waals surface area contributed by atoms with Crippen molar-refractivity contribution in [3.8, 4) is 0 Å². The molecule has 3 aromatic rings. The summed E-state index contributed by atoms with van der Waals surface area (Å²) in [5, 5.41) is 0. The van der Waals surface area contributed by atoms with E-state index in [0.717, 1.165) is 24.3 Å². The standard InChI is InChI=1S/C25H19F4NO3/c26-19-8-6-16(10-21(19)28)23-12-18(31)13-24(17-7-9-20(27)22(29)11-17)30(23)25(32)33-14-15-4-2-1-3-5-15/h1-11,23-24H,12-14H2/t23-,24-/m1/s1. The van der Waals surface area contributed by atoms with Gasteiger partial charge in [-0.05, 0) is 41.0 Å². The van der Waals surface area contributed by atoms with Crippen LogP contribution in [-0.4, -0.2) is 16.8 Å². The van der Waals surface area contributed by atoms with Crippen LogP contribution in [0, 0.1) is 23.3 Å². The van der Waals surface area contributed by atoms with Crippen molar-refractivity contribution in [2.75, 3.05) is 0 Å². The van der Waals surface area contributed by atoms with E-state index in [2.05, 4.69) is 0 Å². The first-order valence-electron chi connectivity index (χ1n) is 10.2. The molecule has 1 saturated heterocycles. The third-order valence-electron chi connectivity index (χ3n) is 5.59. The molecule has 0 bridgehead atoms. The van der Waals surface area contributed by atoms with E-state index in [1.807, 2.05) is 0 Å². The molecule has 170 valence electrons. The lowest BCUT2D eigenvalue weighted by Gasteiger charge is -2.41.